The van der Waals surface area contributed by atoms with Crippen molar-refractivity contribution in [3.8, 4) is 5.75 Å². The number of ether oxygens (including phenoxy) is 1. The molecule has 0 bridgehead atoms. The predicted octanol–water partition coefficient (Wildman–Crippen LogP) is 0.851. The third-order valence-electron chi connectivity index (χ3n) is 1.96. The minimum atomic E-state index is -0.480. The minimum absolute atomic E-state index is 0.0906. The highest BCUT2D eigenvalue weighted by molar-refractivity contribution is 5.75. The van der Waals surface area contributed by atoms with Gasteiger partial charge in [0.2, 0.25) is 0 Å². The summed E-state index contributed by atoms with van der Waals surface area (Å²) in [7, 11) is 0. The maximum Gasteiger partial charge on any atom is 0.185 e. The molecule has 0 heterocycles. The molecule has 4 nitrogen and oxygen atoms in total. The molecule has 0 aromatic heterocycles. The molecule has 0 aliphatic rings. The number of benzene rings is 1. The van der Waals surface area contributed by atoms with Crippen molar-refractivity contribution in [3.63, 3.8) is 0 Å². The summed E-state index contributed by atoms with van der Waals surface area (Å²) in [5.41, 5.74) is 11.5. The SMILES string of the molecule is NC(N)=NCCc1ccc(OCCF)cc1. The summed E-state index contributed by atoms with van der Waals surface area (Å²) in [4.78, 5) is 3.88. The standard InChI is InChI=1S/C11H16FN3O/c12-6-8-16-10-3-1-9(2-4-10)5-7-15-11(13)14/h1-4H,5-8H2,(H4,13,14,15). The van der Waals surface area contributed by atoms with E-state index in [1.54, 1.807) is 12.1 Å². The van der Waals surface area contributed by atoms with E-state index in [-0.39, 0.29) is 12.6 Å². The Balaban J connectivity index is 2.42. The summed E-state index contributed by atoms with van der Waals surface area (Å²) in [6, 6.07) is 7.44. The Morgan fingerprint density at radius 3 is 2.50 bits per heavy atom. The molecule has 1 rings (SSSR count). The predicted molar refractivity (Wildman–Crippen MR) is 62.3 cm³/mol. The molecule has 1 aromatic rings. The van der Waals surface area contributed by atoms with Crippen molar-refractivity contribution in [3.05, 3.63) is 29.8 Å². The lowest BCUT2D eigenvalue weighted by molar-refractivity contribution is 0.273. The highest BCUT2D eigenvalue weighted by atomic mass is 19.1. The van der Waals surface area contributed by atoms with Crippen molar-refractivity contribution in [2.45, 2.75) is 6.42 Å². The zero-order valence-corrected chi connectivity index (χ0v) is 9.03. The van der Waals surface area contributed by atoms with Crippen LogP contribution in [-0.2, 0) is 6.42 Å². The second-order valence-electron chi connectivity index (χ2n) is 3.24. The molecule has 16 heavy (non-hydrogen) atoms. The van der Waals surface area contributed by atoms with Gasteiger partial charge in [-0.3, -0.25) is 4.99 Å². The lowest BCUT2D eigenvalue weighted by atomic mass is 10.1. The van der Waals surface area contributed by atoms with Crippen LogP contribution in [0.4, 0.5) is 4.39 Å². The van der Waals surface area contributed by atoms with E-state index in [4.69, 9.17) is 16.2 Å². The van der Waals surface area contributed by atoms with Gasteiger partial charge in [0.05, 0.1) is 0 Å². The number of nitrogens with two attached hydrogens (primary N) is 2. The Hall–Kier alpha value is -1.78. The van der Waals surface area contributed by atoms with Gasteiger partial charge in [0.15, 0.2) is 5.96 Å². The summed E-state index contributed by atoms with van der Waals surface area (Å²) in [6.07, 6.45) is 0.765. The maximum atomic E-state index is 11.8. The largest absolute Gasteiger partial charge is 0.491 e. The normalized spacial score (nSPS) is 9.81. The van der Waals surface area contributed by atoms with E-state index in [0.29, 0.717) is 12.3 Å². The van der Waals surface area contributed by atoms with Crippen molar-refractivity contribution < 1.29 is 9.13 Å². The molecule has 1 aromatic carbocycles. The fourth-order valence-corrected chi connectivity index (χ4v) is 1.22. The zero-order chi connectivity index (χ0) is 11.8. The number of hydrogen-bond donors (Lipinski definition) is 2. The number of alkyl halides is 1. The van der Waals surface area contributed by atoms with Crippen LogP contribution in [0, 0.1) is 0 Å². The van der Waals surface area contributed by atoms with Crippen LogP contribution in [0.1, 0.15) is 5.56 Å². The van der Waals surface area contributed by atoms with Gasteiger partial charge in [-0.1, -0.05) is 12.1 Å². The summed E-state index contributed by atoms with van der Waals surface area (Å²) in [5.74, 6) is 0.770. The van der Waals surface area contributed by atoms with Gasteiger partial charge >= 0.3 is 0 Å². The molecule has 0 spiro atoms. The smallest absolute Gasteiger partial charge is 0.185 e. The summed E-state index contributed by atoms with van der Waals surface area (Å²) in [6.45, 7) is 0.173. The fraction of sp³-hybridized carbons (Fsp3) is 0.364. The van der Waals surface area contributed by atoms with E-state index in [1.165, 1.54) is 0 Å². The van der Waals surface area contributed by atoms with Crippen molar-refractivity contribution in [2.75, 3.05) is 19.8 Å². The Bertz CT molecular complexity index is 334. The molecule has 0 saturated heterocycles. The fourth-order valence-electron chi connectivity index (χ4n) is 1.22. The topological polar surface area (TPSA) is 73.6 Å². The molecule has 88 valence electrons. The van der Waals surface area contributed by atoms with Crippen molar-refractivity contribution in [1.82, 2.24) is 0 Å². The van der Waals surface area contributed by atoms with Gasteiger partial charge in [0.1, 0.15) is 19.0 Å². The Kier molecular flexibility index (Phi) is 5.11. The van der Waals surface area contributed by atoms with E-state index >= 15 is 0 Å². The average molecular weight is 225 g/mol. The molecule has 5 heteroatoms. The summed E-state index contributed by atoms with van der Waals surface area (Å²) >= 11 is 0. The van der Waals surface area contributed by atoms with E-state index in [1.807, 2.05) is 12.1 Å². The lowest BCUT2D eigenvalue weighted by Crippen LogP contribution is -2.23. The quantitative estimate of drug-likeness (QED) is 0.557. The van der Waals surface area contributed by atoms with E-state index in [2.05, 4.69) is 4.99 Å². The second-order valence-corrected chi connectivity index (χ2v) is 3.24. The first kappa shape index (κ1) is 12.3. The van der Waals surface area contributed by atoms with Crippen molar-refractivity contribution in [2.24, 2.45) is 16.5 Å². The maximum absolute atomic E-state index is 11.8. The number of hydrogen-bond acceptors (Lipinski definition) is 2. The van der Waals surface area contributed by atoms with Gasteiger partial charge in [-0.05, 0) is 24.1 Å². The molecule has 0 aliphatic carbocycles. The van der Waals surface area contributed by atoms with Crippen molar-refractivity contribution in [1.29, 1.82) is 0 Å². The van der Waals surface area contributed by atoms with Gasteiger partial charge in [0.25, 0.3) is 0 Å². The van der Waals surface area contributed by atoms with Crippen LogP contribution in [-0.4, -0.2) is 25.8 Å². The van der Waals surface area contributed by atoms with Crippen LogP contribution >= 0.6 is 0 Å². The summed E-state index contributed by atoms with van der Waals surface area (Å²) in [5, 5.41) is 0. The van der Waals surface area contributed by atoms with E-state index in [0.717, 1.165) is 12.0 Å². The van der Waals surface area contributed by atoms with Crippen LogP contribution < -0.4 is 16.2 Å². The first-order valence-corrected chi connectivity index (χ1v) is 5.05. The first-order valence-electron chi connectivity index (χ1n) is 5.05. The zero-order valence-electron chi connectivity index (χ0n) is 9.03. The Morgan fingerprint density at radius 2 is 1.94 bits per heavy atom. The third-order valence-corrected chi connectivity index (χ3v) is 1.96. The molecule has 0 radical (unpaired) electrons. The molecule has 4 N–H and O–H groups in total. The molecule has 0 saturated carbocycles. The lowest BCUT2D eigenvalue weighted by Gasteiger charge is -2.04. The monoisotopic (exact) mass is 225 g/mol. The molecule has 0 unspecified atom stereocenters. The summed E-state index contributed by atoms with van der Waals surface area (Å²) < 4.78 is 16.9. The van der Waals surface area contributed by atoms with Crippen molar-refractivity contribution >= 4 is 5.96 Å². The second kappa shape index (κ2) is 6.66. The van der Waals surface area contributed by atoms with Crippen LogP contribution in [0.5, 0.6) is 5.75 Å². The molecular weight excluding hydrogens is 209 g/mol. The van der Waals surface area contributed by atoms with Crippen LogP contribution in [0.25, 0.3) is 0 Å². The third kappa shape index (κ3) is 4.63. The molecule has 0 amide bonds. The van der Waals surface area contributed by atoms with E-state index in [9.17, 15) is 4.39 Å². The number of rotatable bonds is 6. The number of guanidine groups is 1. The van der Waals surface area contributed by atoms with Gasteiger partial charge in [-0.25, -0.2) is 4.39 Å². The molecule has 0 atom stereocenters. The van der Waals surface area contributed by atoms with Gasteiger partial charge < -0.3 is 16.2 Å². The Labute approximate surface area is 94.1 Å². The number of nitrogens with zero attached hydrogens (tertiary/aromatic N) is 1. The van der Waals surface area contributed by atoms with Crippen LogP contribution in [0.2, 0.25) is 0 Å². The number of halogens is 1. The molecule has 0 fully saturated rings. The van der Waals surface area contributed by atoms with E-state index < -0.39 is 6.67 Å². The van der Waals surface area contributed by atoms with Gasteiger partial charge in [-0.15, -0.1) is 0 Å². The van der Waals surface area contributed by atoms with Gasteiger partial charge in [-0.2, -0.15) is 0 Å². The van der Waals surface area contributed by atoms with Crippen LogP contribution in [0.15, 0.2) is 29.3 Å². The Morgan fingerprint density at radius 1 is 1.25 bits per heavy atom. The number of aliphatic imine (C=N–C) groups is 1. The molecule has 0 aliphatic heterocycles. The average Bonchev–Trinajstić information content (AvgIpc) is 2.27. The van der Waals surface area contributed by atoms with Gasteiger partial charge in [0, 0.05) is 6.54 Å². The van der Waals surface area contributed by atoms with Crippen LogP contribution in [0.3, 0.4) is 0 Å². The highest BCUT2D eigenvalue weighted by Crippen LogP contribution is 2.12. The first-order chi connectivity index (χ1) is 7.72. The minimum Gasteiger partial charge on any atom is -0.491 e. The highest BCUT2D eigenvalue weighted by Gasteiger charge is 1.95. The molecular formula is C11H16FN3O.